The summed E-state index contributed by atoms with van der Waals surface area (Å²) in [5, 5.41) is 0. The predicted molar refractivity (Wildman–Crippen MR) is 124 cm³/mol. The fourth-order valence-electron chi connectivity index (χ4n) is 3.57. The number of nitrogens with two attached hydrogens (primary N) is 1. The molecule has 1 heterocycles. The van der Waals surface area contributed by atoms with E-state index in [0.717, 1.165) is 11.3 Å². The number of hydrogen-bond acceptors (Lipinski definition) is 6. The molecule has 2 rings (SSSR count). The molecule has 178 valence electrons. The number of primary amides is 1. The third-order valence-electron chi connectivity index (χ3n) is 5.14. The molecule has 2 N–H and O–H groups in total. The Morgan fingerprint density at radius 2 is 1.75 bits per heavy atom. The molecule has 0 aromatic heterocycles. The molecule has 1 fully saturated rings. The summed E-state index contributed by atoms with van der Waals surface area (Å²) in [5.41, 5.74) is 7.75. The van der Waals surface area contributed by atoms with E-state index in [0.29, 0.717) is 44.9 Å². The van der Waals surface area contributed by atoms with Crippen LogP contribution >= 0.6 is 0 Å². The Kier molecular flexibility index (Phi) is 8.74. The molecule has 1 aromatic rings. The Bertz CT molecular complexity index is 813. The third-order valence-corrected chi connectivity index (χ3v) is 5.14. The van der Waals surface area contributed by atoms with Gasteiger partial charge in [-0.1, -0.05) is 6.92 Å². The lowest BCUT2D eigenvalue weighted by molar-refractivity contribution is -0.142. The Morgan fingerprint density at radius 3 is 2.28 bits per heavy atom. The Morgan fingerprint density at radius 1 is 1.09 bits per heavy atom. The van der Waals surface area contributed by atoms with Crippen molar-refractivity contribution in [3.05, 3.63) is 23.8 Å². The van der Waals surface area contributed by atoms with E-state index in [-0.39, 0.29) is 25.0 Å². The van der Waals surface area contributed by atoms with Crippen LogP contribution in [-0.2, 0) is 20.7 Å². The number of rotatable bonds is 7. The van der Waals surface area contributed by atoms with Crippen molar-refractivity contribution in [1.29, 1.82) is 0 Å². The molecule has 9 nitrogen and oxygen atoms in total. The van der Waals surface area contributed by atoms with Gasteiger partial charge in [0, 0.05) is 44.1 Å². The highest BCUT2D eigenvalue weighted by atomic mass is 16.6. The molecule has 0 unspecified atom stereocenters. The summed E-state index contributed by atoms with van der Waals surface area (Å²) >= 11 is 0. The summed E-state index contributed by atoms with van der Waals surface area (Å²) in [5.74, 6) is -0.365. The number of aryl methyl sites for hydroxylation is 1. The molecule has 1 aliphatic rings. The van der Waals surface area contributed by atoms with Crippen LogP contribution in [0.4, 0.5) is 21.0 Å². The first-order chi connectivity index (χ1) is 15.1. The Balaban J connectivity index is 2.09. The van der Waals surface area contributed by atoms with Gasteiger partial charge in [-0.05, 0) is 57.9 Å². The minimum absolute atomic E-state index is 0.0777. The van der Waals surface area contributed by atoms with Gasteiger partial charge in [0.05, 0.1) is 13.0 Å². The fourth-order valence-corrected chi connectivity index (χ4v) is 3.57. The van der Waals surface area contributed by atoms with Gasteiger partial charge in [0.15, 0.2) is 0 Å². The number of nitrogens with zero attached hydrogens (tertiary/aromatic N) is 3. The quantitative estimate of drug-likeness (QED) is 0.643. The van der Waals surface area contributed by atoms with E-state index in [1.165, 1.54) is 4.90 Å². The zero-order valence-electron chi connectivity index (χ0n) is 19.8. The molecule has 0 radical (unpaired) electrons. The van der Waals surface area contributed by atoms with E-state index in [1.54, 1.807) is 11.8 Å². The van der Waals surface area contributed by atoms with Crippen molar-refractivity contribution in [1.82, 2.24) is 4.90 Å². The average Bonchev–Trinajstić information content (AvgIpc) is 2.73. The lowest BCUT2D eigenvalue weighted by Crippen LogP contribution is -2.50. The summed E-state index contributed by atoms with van der Waals surface area (Å²) in [6, 6.07) is 5.24. The molecule has 1 saturated heterocycles. The second kappa shape index (κ2) is 11.1. The maximum absolute atomic E-state index is 12.3. The monoisotopic (exact) mass is 448 g/mol. The van der Waals surface area contributed by atoms with Gasteiger partial charge < -0.3 is 25.0 Å². The normalized spacial score (nSPS) is 14.2. The van der Waals surface area contributed by atoms with Gasteiger partial charge in [-0.2, -0.15) is 0 Å². The molecule has 1 aliphatic heterocycles. The lowest BCUT2D eigenvalue weighted by Gasteiger charge is -2.37. The van der Waals surface area contributed by atoms with Crippen molar-refractivity contribution in [3.8, 4) is 0 Å². The van der Waals surface area contributed by atoms with Gasteiger partial charge in [0.2, 0.25) is 0 Å². The fraction of sp³-hybridized carbons (Fsp3) is 0.609. The summed E-state index contributed by atoms with van der Waals surface area (Å²) in [7, 11) is 0. The van der Waals surface area contributed by atoms with Gasteiger partial charge in [-0.3, -0.25) is 9.69 Å². The number of carbonyl (C=O) groups is 3. The molecule has 0 atom stereocenters. The van der Waals surface area contributed by atoms with Crippen LogP contribution in [0.1, 0.15) is 46.6 Å². The number of benzene rings is 1. The predicted octanol–water partition coefficient (Wildman–Crippen LogP) is 3.14. The van der Waals surface area contributed by atoms with Crippen LogP contribution in [-0.4, -0.2) is 67.9 Å². The van der Waals surface area contributed by atoms with Crippen LogP contribution in [0.2, 0.25) is 0 Å². The van der Waals surface area contributed by atoms with Crippen LogP contribution in [0.15, 0.2) is 18.2 Å². The van der Waals surface area contributed by atoms with Crippen LogP contribution in [0.3, 0.4) is 0 Å². The van der Waals surface area contributed by atoms with Crippen molar-refractivity contribution in [2.75, 3.05) is 49.1 Å². The summed E-state index contributed by atoms with van der Waals surface area (Å²) in [6.45, 7) is 12.3. The van der Waals surface area contributed by atoms with Crippen LogP contribution < -0.4 is 15.5 Å². The first-order valence-electron chi connectivity index (χ1n) is 11.1. The largest absolute Gasteiger partial charge is 0.466 e. The van der Waals surface area contributed by atoms with Crippen molar-refractivity contribution in [2.24, 2.45) is 5.73 Å². The zero-order chi connectivity index (χ0) is 23.9. The van der Waals surface area contributed by atoms with Gasteiger partial charge in [-0.25, -0.2) is 9.59 Å². The van der Waals surface area contributed by atoms with E-state index < -0.39 is 11.6 Å². The molecule has 9 heteroatoms. The highest BCUT2D eigenvalue weighted by Gasteiger charge is 2.26. The second-order valence-corrected chi connectivity index (χ2v) is 8.67. The van der Waals surface area contributed by atoms with E-state index in [1.807, 2.05) is 45.9 Å². The number of anilines is 2. The highest BCUT2D eigenvalue weighted by molar-refractivity contribution is 5.92. The summed E-state index contributed by atoms with van der Waals surface area (Å²) in [6.07, 6.45) is 0.485. The number of urea groups is 1. The van der Waals surface area contributed by atoms with Gasteiger partial charge >= 0.3 is 18.1 Å². The van der Waals surface area contributed by atoms with Crippen LogP contribution in [0, 0.1) is 0 Å². The van der Waals surface area contributed by atoms with Crippen molar-refractivity contribution >= 4 is 29.5 Å². The standard InChI is InChI=1S/C23H36N4O5/c1-6-17-16-18(25-12-14-26(15-13-25)22(30)32-23(3,4)5)8-9-19(17)27(21(24)29)11-10-20(28)31-7-2/h8-9,16H,6-7,10-15H2,1-5H3,(H2,24,29). The Labute approximate surface area is 190 Å². The van der Waals surface area contributed by atoms with Crippen molar-refractivity contribution < 1.29 is 23.9 Å². The highest BCUT2D eigenvalue weighted by Crippen LogP contribution is 2.28. The third kappa shape index (κ3) is 7.03. The minimum Gasteiger partial charge on any atom is -0.466 e. The van der Waals surface area contributed by atoms with Crippen molar-refractivity contribution in [2.45, 2.75) is 53.1 Å². The first kappa shape index (κ1) is 25.3. The summed E-state index contributed by atoms with van der Waals surface area (Å²) < 4.78 is 10.4. The molecule has 0 aliphatic carbocycles. The number of ether oxygens (including phenoxy) is 2. The molecular formula is C23H36N4O5. The minimum atomic E-state index is -0.609. The number of esters is 1. The first-order valence-corrected chi connectivity index (χ1v) is 11.1. The van der Waals surface area contributed by atoms with E-state index in [2.05, 4.69) is 4.90 Å². The molecule has 1 aromatic carbocycles. The van der Waals surface area contributed by atoms with E-state index in [9.17, 15) is 14.4 Å². The SMILES string of the molecule is CCOC(=O)CCN(C(N)=O)c1ccc(N2CCN(C(=O)OC(C)(C)C)CC2)cc1CC. The van der Waals surface area contributed by atoms with Crippen LogP contribution in [0.25, 0.3) is 0 Å². The number of carbonyl (C=O) groups excluding carboxylic acids is 3. The van der Waals surface area contributed by atoms with E-state index >= 15 is 0 Å². The molecule has 3 amide bonds. The zero-order valence-corrected chi connectivity index (χ0v) is 19.8. The smallest absolute Gasteiger partial charge is 0.410 e. The molecular weight excluding hydrogens is 412 g/mol. The van der Waals surface area contributed by atoms with Gasteiger partial charge in [0.25, 0.3) is 0 Å². The van der Waals surface area contributed by atoms with Gasteiger partial charge in [-0.15, -0.1) is 0 Å². The Hall–Kier alpha value is -2.97. The molecule has 32 heavy (non-hydrogen) atoms. The molecule has 0 bridgehead atoms. The summed E-state index contributed by atoms with van der Waals surface area (Å²) in [4.78, 5) is 41.4. The number of piperazine rings is 1. The molecule has 0 saturated carbocycles. The molecule has 0 spiro atoms. The van der Waals surface area contributed by atoms with Crippen molar-refractivity contribution in [3.63, 3.8) is 0 Å². The maximum Gasteiger partial charge on any atom is 0.410 e. The van der Waals surface area contributed by atoms with Gasteiger partial charge in [0.1, 0.15) is 5.60 Å². The van der Waals surface area contributed by atoms with E-state index in [4.69, 9.17) is 15.2 Å². The van der Waals surface area contributed by atoms with Crippen LogP contribution in [0.5, 0.6) is 0 Å². The second-order valence-electron chi connectivity index (χ2n) is 8.67. The number of hydrogen-bond donors (Lipinski definition) is 1. The lowest BCUT2D eigenvalue weighted by atomic mass is 10.1. The number of amides is 3. The maximum atomic E-state index is 12.3. The topological polar surface area (TPSA) is 105 Å². The average molecular weight is 449 g/mol.